The second-order valence-corrected chi connectivity index (χ2v) is 4.47. The molecule has 0 spiro atoms. The van der Waals surface area contributed by atoms with Crippen LogP contribution in [0, 0.1) is 6.92 Å². The van der Waals surface area contributed by atoms with Crippen LogP contribution in [0.2, 0.25) is 5.02 Å². The molecule has 2 N–H and O–H groups in total. The summed E-state index contributed by atoms with van der Waals surface area (Å²) >= 11 is 5.85. The molecule has 0 saturated heterocycles. The minimum absolute atomic E-state index is 0.343. The van der Waals surface area contributed by atoms with Crippen molar-refractivity contribution in [2.24, 2.45) is 5.11 Å². The monoisotopic (exact) mass is 282 g/mol. The molecule has 0 fully saturated rings. The minimum atomic E-state index is -0.950. The molecule has 0 radical (unpaired) electrons. The summed E-state index contributed by atoms with van der Waals surface area (Å²) in [4.78, 5) is 13.9. The smallest absolute Gasteiger partial charge is 0.325 e. The van der Waals surface area contributed by atoms with Crippen LogP contribution in [0.1, 0.15) is 23.6 Å². The molecule has 1 aromatic rings. The van der Waals surface area contributed by atoms with Crippen LogP contribution in [0.4, 0.5) is 0 Å². The number of carbonyl (C=O) groups is 1. The van der Waals surface area contributed by atoms with E-state index < -0.39 is 12.0 Å². The van der Waals surface area contributed by atoms with Crippen molar-refractivity contribution in [2.75, 3.05) is 13.1 Å². The maximum absolute atomic E-state index is 11.3. The summed E-state index contributed by atoms with van der Waals surface area (Å²) in [5.41, 5.74) is 9.64. The maximum Gasteiger partial charge on any atom is 0.325 e. The van der Waals surface area contributed by atoms with Gasteiger partial charge in [-0.15, -0.1) is 0 Å². The van der Waals surface area contributed by atoms with Crippen LogP contribution < -0.4 is 5.32 Å². The molecule has 1 aromatic carbocycles. The van der Waals surface area contributed by atoms with Gasteiger partial charge < -0.3 is 10.4 Å². The fourth-order valence-electron chi connectivity index (χ4n) is 1.73. The number of aliphatic carboxylic acids is 1. The highest BCUT2D eigenvalue weighted by Crippen LogP contribution is 2.21. The predicted molar refractivity (Wildman–Crippen MR) is 73.2 cm³/mol. The van der Waals surface area contributed by atoms with Gasteiger partial charge in [0, 0.05) is 16.5 Å². The Morgan fingerprint density at radius 2 is 2.37 bits per heavy atom. The van der Waals surface area contributed by atoms with Crippen molar-refractivity contribution in [3.05, 3.63) is 44.8 Å². The van der Waals surface area contributed by atoms with Gasteiger partial charge in [0.05, 0.1) is 0 Å². The van der Waals surface area contributed by atoms with Crippen molar-refractivity contribution >= 4 is 17.6 Å². The average Bonchev–Trinajstić information content (AvgIpc) is 2.35. The van der Waals surface area contributed by atoms with Crippen molar-refractivity contribution in [3.63, 3.8) is 0 Å². The SMILES string of the molecule is Cc1cc(Cl)ccc1C(NCCCN=[N+]=[N-])C(=O)O. The van der Waals surface area contributed by atoms with E-state index in [0.717, 1.165) is 5.56 Å². The molecule has 0 bridgehead atoms. The highest BCUT2D eigenvalue weighted by molar-refractivity contribution is 6.30. The first-order valence-electron chi connectivity index (χ1n) is 5.79. The third kappa shape index (κ3) is 4.79. The Kier molecular flexibility index (Phi) is 6.15. The van der Waals surface area contributed by atoms with Crippen LogP contribution in [-0.4, -0.2) is 24.2 Å². The highest BCUT2D eigenvalue weighted by atomic mass is 35.5. The first-order chi connectivity index (χ1) is 9.06. The summed E-state index contributed by atoms with van der Waals surface area (Å²) in [6.07, 6.45) is 0.584. The van der Waals surface area contributed by atoms with Crippen molar-refractivity contribution in [1.29, 1.82) is 0 Å². The van der Waals surface area contributed by atoms with Crippen LogP contribution in [0.5, 0.6) is 0 Å². The van der Waals surface area contributed by atoms with Gasteiger partial charge >= 0.3 is 5.97 Å². The number of benzene rings is 1. The Bertz CT molecular complexity index is 501. The van der Waals surface area contributed by atoms with E-state index >= 15 is 0 Å². The fourth-order valence-corrected chi connectivity index (χ4v) is 1.96. The molecule has 1 unspecified atom stereocenters. The minimum Gasteiger partial charge on any atom is -0.480 e. The van der Waals surface area contributed by atoms with E-state index in [1.807, 2.05) is 6.92 Å². The van der Waals surface area contributed by atoms with Gasteiger partial charge in [0.2, 0.25) is 0 Å². The summed E-state index contributed by atoms with van der Waals surface area (Å²) < 4.78 is 0. The molecule has 0 aliphatic carbocycles. The molecule has 7 heteroatoms. The zero-order chi connectivity index (χ0) is 14.3. The second-order valence-electron chi connectivity index (χ2n) is 4.03. The molecule has 0 aliphatic rings. The number of hydrogen-bond donors (Lipinski definition) is 2. The molecule has 1 atom stereocenters. The molecule has 0 aliphatic heterocycles. The number of aryl methyl sites for hydroxylation is 1. The summed E-state index contributed by atoms with van der Waals surface area (Å²) in [5.74, 6) is -0.950. The van der Waals surface area contributed by atoms with Crippen molar-refractivity contribution in [3.8, 4) is 0 Å². The number of carboxylic acids is 1. The quantitative estimate of drug-likeness (QED) is 0.348. The molecule has 0 saturated carbocycles. The molecule has 6 nitrogen and oxygen atoms in total. The first kappa shape index (κ1) is 15.3. The number of nitrogens with one attached hydrogen (secondary N) is 1. The zero-order valence-corrected chi connectivity index (χ0v) is 11.3. The van der Waals surface area contributed by atoms with Crippen LogP contribution in [0.3, 0.4) is 0 Å². The van der Waals surface area contributed by atoms with Gasteiger partial charge in [-0.1, -0.05) is 22.8 Å². The number of azide groups is 1. The molecule has 102 valence electrons. The largest absolute Gasteiger partial charge is 0.480 e. The van der Waals surface area contributed by atoms with E-state index in [1.165, 1.54) is 0 Å². The number of rotatable bonds is 7. The van der Waals surface area contributed by atoms with Gasteiger partial charge in [0.25, 0.3) is 0 Å². The fraction of sp³-hybridized carbons (Fsp3) is 0.417. The lowest BCUT2D eigenvalue weighted by molar-refractivity contribution is -0.139. The molecule has 0 amide bonds. The Labute approximate surface area is 116 Å². The van der Waals surface area contributed by atoms with Crippen molar-refractivity contribution in [2.45, 2.75) is 19.4 Å². The Balaban J connectivity index is 2.71. The number of carboxylic acid groups (broad SMARTS) is 1. The van der Waals surface area contributed by atoms with E-state index in [0.29, 0.717) is 30.1 Å². The Morgan fingerprint density at radius 1 is 1.63 bits per heavy atom. The van der Waals surface area contributed by atoms with E-state index in [-0.39, 0.29) is 0 Å². The number of nitrogens with zero attached hydrogens (tertiary/aromatic N) is 3. The van der Waals surface area contributed by atoms with Crippen LogP contribution in [-0.2, 0) is 4.79 Å². The Morgan fingerprint density at radius 3 is 2.95 bits per heavy atom. The molecule has 1 rings (SSSR count). The van der Waals surface area contributed by atoms with Gasteiger partial charge in [-0.2, -0.15) is 0 Å². The van der Waals surface area contributed by atoms with Gasteiger partial charge in [0.15, 0.2) is 0 Å². The lowest BCUT2D eigenvalue weighted by atomic mass is 10.0. The van der Waals surface area contributed by atoms with Gasteiger partial charge in [-0.25, -0.2) is 0 Å². The molecule has 19 heavy (non-hydrogen) atoms. The molecule has 0 aromatic heterocycles. The normalized spacial score (nSPS) is 11.7. The lowest BCUT2D eigenvalue weighted by Gasteiger charge is -2.17. The van der Waals surface area contributed by atoms with Crippen molar-refractivity contribution < 1.29 is 9.90 Å². The van der Waals surface area contributed by atoms with E-state index in [2.05, 4.69) is 15.3 Å². The summed E-state index contributed by atoms with van der Waals surface area (Å²) in [6.45, 7) is 2.62. The van der Waals surface area contributed by atoms with Gasteiger partial charge in [0.1, 0.15) is 6.04 Å². The highest BCUT2D eigenvalue weighted by Gasteiger charge is 2.20. The average molecular weight is 283 g/mol. The third-order valence-corrected chi connectivity index (χ3v) is 2.87. The predicted octanol–water partition coefficient (Wildman–Crippen LogP) is 3.06. The van der Waals surface area contributed by atoms with Crippen LogP contribution >= 0.6 is 11.6 Å². The third-order valence-electron chi connectivity index (χ3n) is 2.64. The molecular formula is C12H15ClN4O2. The van der Waals surface area contributed by atoms with Crippen LogP contribution in [0.15, 0.2) is 23.3 Å². The van der Waals surface area contributed by atoms with E-state index in [9.17, 15) is 9.90 Å². The molecular weight excluding hydrogens is 268 g/mol. The first-order valence-corrected chi connectivity index (χ1v) is 6.17. The van der Waals surface area contributed by atoms with Crippen LogP contribution in [0.25, 0.3) is 10.4 Å². The summed E-state index contributed by atoms with van der Waals surface area (Å²) in [6, 6.07) is 4.32. The summed E-state index contributed by atoms with van der Waals surface area (Å²) in [5, 5.41) is 16.1. The second kappa shape index (κ2) is 7.63. The van der Waals surface area contributed by atoms with E-state index in [4.69, 9.17) is 17.1 Å². The Hall–Kier alpha value is -1.75. The van der Waals surface area contributed by atoms with Gasteiger partial charge in [-0.05, 0) is 48.7 Å². The summed E-state index contributed by atoms with van der Waals surface area (Å²) in [7, 11) is 0. The molecule has 0 heterocycles. The lowest BCUT2D eigenvalue weighted by Crippen LogP contribution is -2.30. The topological polar surface area (TPSA) is 98.1 Å². The maximum atomic E-state index is 11.3. The number of halogens is 1. The van der Waals surface area contributed by atoms with E-state index in [1.54, 1.807) is 18.2 Å². The zero-order valence-electron chi connectivity index (χ0n) is 10.5. The number of hydrogen-bond acceptors (Lipinski definition) is 3. The van der Waals surface area contributed by atoms with Crippen molar-refractivity contribution in [1.82, 2.24) is 5.32 Å². The standard InChI is InChI=1S/C12H15ClN4O2/c1-8-7-9(13)3-4-10(8)11(12(18)19)15-5-2-6-16-17-14/h3-4,7,11,15H,2,5-6H2,1H3,(H,18,19). The van der Waals surface area contributed by atoms with Gasteiger partial charge in [-0.3, -0.25) is 4.79 Å².